The van der Waals surface area contributed by atoms with Gasteiger partial charge >= 0.3 is 0 Å². The van der Waals surface area contributed by atoms with Crippen LogP contribution in [0.15, 0.2) is 42.5 Å². The molecular formula is C22H26ClN3O3. The number of benzene rings is 2. The molecule has 3 rings (SSSR count). The number of rotatable bonds is 5. The maximum atomic E-state index is 12.7. The van der Waals surface area contributed by atoms with Crippen LogP contribution in [0.5, 0.6) is 5.75 Å². The van der Waals surface area contributed by atoms with Crippen LogP contribution >= 0.6 is 11.6 Å². The first kappa shape index (κ1) is 21.1. The SMILES string of the molecule is Cc1ccc(Cl)cc1NC(=O)C(C)N1CCC(C(=O)Nc2ccccc2O)CC1. The van der Waals surface area contributed by atoms with E-state index in [1.165, 1.54) is 0 Å². The van der Waals surface area contributed by atoms with Gasteiger partial charge in [0.15, 0.2) is 0 Å². The Morgan fingerprint density at radius 1 is 1.10 bits per heavy atom. The molecule has 0 radical (unpaired) electrons. The molecule has 1 atom stereocenters. The lowest BCUT2D eigenvalue weighted by Crippen LogP contribution is -2.47. The van der Waals surface area contributed by atoms with E-state index < -0.39 is 0 Å². The van der Waals surface area contributed by atoms with Crippen molar-refractivity contribution in [1.82, 2.24) is 4.90 Å². The molecule has 0 aromatic heterocycles. The van der Waals surface area contributed by atoms with Crippen LogP contribution in [0.3, 0.4) is 0 Å². The predicted molar refractivity (Wildman–Crippen MR) is 115 cm³/mol. The Morgan fingerprint density at radius 2 is 1.79 bits per heavy atom. The molecule has 0 saturated carbocycles. The van der Waals surface area contributed by atoms with Crippen molar-refractivity contribution < 1.29 is 14.7 Å². The summed E-state index contributed by atoms with van der Waals surface area (Å²) in [4.78, 5) is 27.3. The van der Waals surface area contributed by atoms with Crippen molar-refractivity contribution in [2.24, 2.45) is 5.92 Å². The molecule has 1 saturated heterocycles. The third-order valence-electron chi connectivity index (χ3n) is 5.45. The van der Waals surface area contributed by atoms with Gasteiger partial charge in [0.2, 0.25) is 11.8 Å². The van der Waals surface area contributed by atoms with E-state index in [1.807, 2.05) is 19.9 Å². The van der Waals surface area contributed by atoms with Gasteiger partial charge in [-0.3, -0.25) is 14.5 Å². The molecule has 154 valence electrons. The van der Waals surface area contributed by atoms with Gasteiger partial charge in [-0.05, 0) is 69.6 Å². The fourth-order valence-electron chi connectivity index (χ4n) is 3.49. The van der Waals surface area contributed by atoms with Gasteiger partial charge in [-0.2, -0.15) is 0 Å². The minimum Gasteiger partial charge on any atom is -0.506 e. The zero-order chi connectivity index (χ0) is 21.0. The first-order chi connectivity index (χ1) is 13.8. The largest absolute Gasteiger partial charge is 0.506 e. The summed E-state index contributed by atoms with van der Waals surface area (Å²) < 4.78 is 0. The predicted octanol–water partition coefficient (Wildman–Crippen LogP) is 4.03. The highest BCUT2D eigenvalue weighted by molar-refractivity contribution is 6.31. The van der Waals surface area contributed by atoms with E-state index in [9.17, 15) is 14.7 Å². The molecule has 1 fully saturated rings. The number of hydrogen-bond acceptors (Lipinski definition) is 4. The lowest BCUT2D eigenvalue weighted by molar-refractivity contribution is -0.123. The Balaban J connectivity index is 1.53. The smallest absolute Gasteiger partial charge is 0.241 e. The molecule has 0 aliphatic carbocycles. The van der Waals surface area contributed by atoms with E-state index >= 15 is 0 Å². The lowest BCUT2D eigenvalue weighted by Gasteiger charge is -2.34. The Morgan fingerprint density at radius 3 is 2.48 bits per heavy atom. The minimum absolute atomic E-state index is 0.0555. The molecule has 1 heterocycles. The van der Waals surface area contributed by atoms with Gasteiger partial charge in [0, 0.05) is 16.6 Å². The molecule has 1 aliphatic heterocycles. The number of amides is 2. The molecule has 0 bridgehead atoms. The van der Waals surface area contributed by atoms with Crippen molar-refractivity contribution in [2.45, 2.75) is 32.7 Å². The molecule has 29 heavy (non-hydrogen) atoms. The highest BCUT2D eigenvalue weighted by Crippen LogP contribution is 2.26. The molecule has 2 amide bonds. The average Bonchev–Trinajstić information content (AvgIpc) is 2.72. The summed E-state index contributed by atoms with van der Waals surface area (Å²) in [6, 6.07) is 11.8. The first-order valence-electron chi connectivity index (χ1n) is 9.75. The van der Waals surface area contributed by atoms with Crippen molar-refractivity contribution in [2.75, 3.05) is 23.7 Å². The number of para-hydroxylation sites is 2. The summed E-state index contributed by atoms with van der Waals surface area (Å²) in [6.45, 7) is 5.10. The summed E-state index contributed by atoms with van der Waals surface area (Å²) in [5.74, 6) is -0.276. The van der Waals surface area contributed by atoms with Crippen molar-refractivity contribution in [3.8, 4) is 5.75 Å². The number of aromatic hydroxyl groups is 1. The van der Waals surface area contributed by atoms with Gasteiger partial charge in [0.25, 0.3) is 0 Å². The molecular weight excluding hydrogens is 390 g/mol. The summed E-state index contributed by atoms with van der Waals surface area (Å²) in [5.41, 5.74) is 2.09. The topological polar surface area (TPSA) is 81.7 Å². The first-order valence-corrected chi connectivity index (χ1v) is 10.1. The number of carbonyl (C=O) groups is 2. The van der Waals surface area contributed by atoms with Gasteiger partial charge in [-0.1, -0.05) is 29.8 Å². The van der Waals surface area contributed by atoms with Crippen LogP contribution in [0.4, 0.5) is 11.4 Å². The molecule has 1 aliphatic rings. The average molecular weight is 416 g/mol. The van der Waals surface area contributed by atoms with Crippen LogP contribution in [0.1, 0.15) is 25.3 Å². The van der Waals surface area contributed by atoms with Crippen molar-refractivity contribution in [1.29, 1.82) is 0 Å². The van der Waals surface area contributed by atoms with Crippen molar-refractivity contribution >= 4 is 34.8 Å². The molecule has 1 unspecified atom stereocenters. The number of phenolic OH excluding ortho intramolecular Hbond substituents is 1. The molecule has 3 N–H and O–H groups in total. The summed E-state index contributed by atoms with van der Waals surface area (Å²) in [5, 5.41) is 16.1. The maximum Gasteiger partial charge on any atom is 0.241 e. The summed E-state index contributed by atoms with van der Waals surface area (Å²) in [7, 11) is 0. The second-order valence-corrected chi connectivity index (χ2v) is 7.88. The molecule has 7 heteroatoms. The monoisotopic (exact) mass is 415 g/mol. The third-order valence-corrected chi connectivity index (χ3v) is 5.68. The number of halogens is 1. The second-order valence-electron chi connectivity index (χ2n) is 7.44. The van der Waals surface area contributed by atoms with E-state index in [-0.39, 0.29) is 29.5 Å². The Bertz CT molecular complexity index is 895. The molecule has 2 aromatic rings. The van der Waals surface area contributed by atoms with Crippen molar-refractivity contribution in [3.63, 3.8) is 0 Å². The number of aryl methyl sites for hydroxylation is 1. The van der Waals surface area contributed by atoms with Crippen LogP contribution in [-0.2, 0) is 9.59 Å². The van der Waals surface area contributed by atoms with Crippen LogP contribution in [0, 0.1) is 12.8 Å². The lowest BCUT2D eigenvalue weighted by atomic mass is 9.94. The highest BCUT2D eigenvalue weighted by atomic mass is 35.5. The van der Waals surface area contributed by atoms with Crippen molar-refractivity contribution in [3.05, 3.63) is 53.1 Å². The van der Waals surface area contributed by atoms with Gasteiger partial charge in [-0.15, -0.1) is 0 Å². The number of anilines is 2. The van der Waals surface area contributed by atoms with Gasteiger partial charge in [0.1, 0.15) is 5.75 Å². The maximum absolute atomic E-state index is 12.7. The van der Waals surface area contributed by atoms with E-state index in [0.29, 0.717) is 42.3 Å². The normalized spacial score (nSPS) is 16.2. The number of carbonyl (C=O) groups excluding carboxylic acids is 2. The second kappa shape index (κ2) is 9.29. The molecule has 0 spiro atoms. The fourth-order valence-corrected chi connectivity index (χ4v) is 3.67. The Labute approximate surface area is 175 Å². The van der Waals surface area contributed by atoms with Gasteiger partial charge in [0.05, 0.1) is 11.7 Å². The number of phenols is 1. The highest BCUT2D eigenvalue weighted by Gasteiger charge is 2.30. The molecule has 6 nitrogen and oxygen atoms in total. The number of nitrogens with one attached hydrogen (secondary N) is 2. The van der Waals surface area contributed by atoms with E-state index in [1.54, 1.807) is 36.4 Å². The summed E-state index contributed by atoms with van der Waals surface area (Å²) in [6.07, 6.45) is 1.32. The zero-order valence-corrected chi connectivity index (χ0v) is 17.4. The quantitative estimate of drug-likeness (QED) is 0.644. The van der Waals surface area contributed by atoms with Gasteiger partial charge < -0.3 is 15.7 Å². The summed E-state index contributed by atoms with van der Waals surface area (Å²) >= 11 is 6.03. The zero-order valence-electron chi connectivity index (χ0n) is 16.6. The standard InChI is InChI=1S/C22H26ClN3O3/c1-14-7-8-17(23)13-19(14)25-21(28)15(2)26-11-9-16(10-12-26)22(29)24-18-5-3-4-6-20(18)27/h3-8,13,15-16,27H,9-12H2,1-2H3,(H,24,29)(H,25,28). The van der Waals surface area contributed by atoms with E-state index in [2.05, 4.69) is 15.5 Å². The van der Waals surface area contributed by atoms with Crippen LogP contribution < -0.4 is 10.6 Å². The number of piperidine rings is 1. The Hall–Kier alpha value is -2.57. The van der Waals surface area contributed by atoms with E-state index in [4.69, 9.17) is 11.6 Å². The Kier molecular flexibility index (Phi) is 6.77. The van der Waals surface area contributed by atoms with Crippen LogP contribution in [0.2, 0.25) is 5.02 Å². The van der Waals surface area contributed by atoms with E-state index in [0.717, 1.165) is 5.56 Å². The number of likely N-dealkylation sites (tertiary alicyclic amines) is 1. The number of hydrogen-bond donors (Lipinski definition) is 3. The van der Waals surface area contributed by atoms with Crippen LogP contribution in [-0.4, -0.2) is 41.0 Å². The molecule has 2 aromatic carbocycles. The third kappa shape index (κ3) is 5.28. The van der Waals surface area contributed by atoms with Crippen LogP contribution in [0.25, 0.3) is 0 Å². The number of nitrogens with zero attached hydrogens (tertiary/aromatic N) is 1. The van der Waals surface area contributed by atoms with Gasteiger partial charge in [-0.25, -0.2) is 0 Å². The minimum atomic E-state index is -0.310. The fraction of sp³-hybridized carbons (Fsp3) is 0.364.